The highest BCUT2D eigenvalue weighted by atomic mass is 16.4. The fraction of sp³-hybridized carbons (Fsp3) is 0.400. The van der Waals surface area contributed by atoms with Crippen molar-refractivity contribution in [3.05, 3.63) is 77.4 Å². The third-order valence-corrected chi connectivity index (χ3v) is 8.05. The fourth-order valence-corrected chi connectivity index (χ4v) is 6.00. The molecule has 40 heavy (non-hydrogen) atoms. The standard InChI is InChI=1S/C30H33N7O3/c1-3-8-21-11-4-5-14-36(21)29(38)20-10-6-9-19(15-20)25-12-7-13-27(32-25)37-28(24(17-31-37)30(39)40)23-16-22(23)26-18-35(2)34-33-26/h6-7,9-10,12-13,15,17-18,21-23H,3-5,8,11,14,16H2,1-2H3,(H,39,40). The maximum absolute atomic E-state index is 13.5. The number of aryl methyl sites for hydroxylation is 1. The maximum Gasteiger partial charge on any atom is 0.339 e. The lowest BCUT2D eigenvalue weighted by Gasteiger charge is -2.36. The van der Waals surface area contributed by atoms with Crippen molar-refractivity contribution in [1.82, 2.24) is 34.7 Å². The fourth-order valence-electron chi connectivity index (χ4n) is 6.00. The molecule has 2 fully saturated rings. The first kappa shape index (κ1) is 25.9. The lowest BCUT2D eigenvalue weighted by atomic mass is 9.96. The zero-order valence-corrected chi connectivity index (χ0v) is 22.8. The van der Waals surface area contributed by atoms with E-state index in [2.05, 4.69) is 22.3 Å². The molecule has 0 spiro atoms. The van der Waals surface area contributed by atoms with Crippen LogP contribution in [0.3, 0.4) is 0 Å². The van der Waals surface area contributed by atoms with E-state index in [1.54, 1.807) is 9.36 Å². The summed E-state index contributed by atoms with van der Waals surface area (Å²) in [5.41, 5.74) is 3.80. The summed E-state index contributed by atoms with van der Waals surface area (Å²) in [4.78, 5) is 32.5. The average molecular weight is 540 g/mol. The second-order valence-corrected chi connectivity index (χ2v) is 10.8. The number of amides is 1. The highest BCUT2D eigenvalue weighted by molar-refractivity contribution is 5.95. The molecule has 0 bridgehead atoms. The Morgan fingerprint density at radius 1 is 1.10 bits per heavy atom. The molecule has 1 N–H and O–H groups in total. The van der Waals surface area contributed by atoms with Crippen molar-refractivity contribution in [2.24, 2.45) is 7.05 Å². The van der Waals surface area contributed by atoms with Gasteiger partial charge in [0.25, 0.3) is 5.91 Å². The molecule has 10 nitrogen and oxygen atoms in total. The van der Waals surface area contributed by atoms with E-state index in [0.29, 0.717) is 28.8 Å². The van der Waals surface area contributed by atoms with E-state index >= 15 is 0 Å². The molecule has 10 heteroatoms. The molecule has 1 aliphatic heterocycles. The number of nitrogens with zero attached hydrogens (tertiary/aromatic N) is 7. The number of pyridine rings is 1. The number of piperidine rings is 1. The van der Waals surface area contributed by atoms with Gasteiger partial charge in [0.1, 0.15) is 5.56 Å². The van der Waals surface area contributed by atoms with Gasteiger partial charge in [-0.25, -0.2) is 14.5 Å². The summed E-state index contributed by atoms with van der Waals surface area (Å²) in [7, 11) is 1.81. The van der Waals surface area contributed by atoms with Crippen molar-refractivity contribution in [3.63, 3.8) is 0 Å². The van der Waals surface area contributed by atoms with E-state index in [1.807, 2.05) is 60.6 Å². The van der Waals surface area contributed by atoms with Gasteiger partial charge in [-0.15, -0.1) is 5.10 Å². The normalized spacial score (nSPS) is 20.4. The molecule has 1 aliphatic carbocycles. The van der Waals surface area contributed by atoms with E-state index in [9.17, 15) is 14.7 Å². The van der Waals surface area contributed by atoms with Gasteiger partial charge < -0.3 is 10.0 Å². The minimum atomic E-state index is -1.02. The molecule has 206 valence electrons. The molecule has 4 aromatic rings. The number of carboxylic acid groups (broad SMARTS) is 1. The maximum atomic E-state index is 13.5. The van der Waals surface area contributed by atoms with Crippen LogP contribution in [0.5, 0.6) is 0 Å². The summed E-state index contributed by atoms with van der Waals surface area (Å²) in [6.07, 6.45) is 9.39. The minimum absolute atomic E-state index is 0.0442. The van der Waals surface area contributed by atoms with Crippen LogP contribution in [0.2, 0.25) is 0 Å². The highest BCUT2D eigenvalue weighted by Crippen LogP contribution is 2.55. The van der Waals surface area contributed by atoms with Crippen LogP contribution >= 0.6 is 0 Å². The summed E-state index contributed by atoms with van der Waals surface area (Å²) in [5.74, 6) is -0.384. The zero-order chi connectivity index (χ0) is 27.8. The second-order valence-electron chi connectivity index (χ2n) is 10.8. The first-order valence-electron chi connectivity index (χ1n) is 14.0. The molecular weight excluding hydrogens is 506 g/mol. The first-order chi connectivity index (χ1) is 19.4. The van der Waals surface area contributed by atoms with Crippen LogP contribution in [-0.2, 0) is 7.05 Å². The predicted octanol–water partition coefficient (Wildman–Crippen LogP) is 4.83. The van der Waals surface area contributed by atoms with Crippen molar-refractivity contribution in [3.8, 4) is 17.1 Å². The summed E-state index contributed by atoms with van der Waals surface area (Å²) >= 11 is 0. The molecule has 2 aliphatic rings. The molecule has 0 radical (unpaired) electrons. The van der Waals surface area contributed by atoms with E-state index in [-0.39, 0.29) is 23.3 Å². The van der Waals surface area contributed by atoms with Gasteiger partial charge in [-0.1, -0.05) is 36.8 Å². The van der Waals surface area contributed by atoms with Gasteiger partial charge in [-0.05, 0) is 56.4 Å². The Bertz CT molecular complexity index is 1560. The molecule has 3 atom stereocenters. The Morgan fingerprint density at radius 2 is 1.95 bits per heavy atom. The van der Waals surface area contributed by atoms with Crippen molar-refractivity contribution < 1.29 is 14.7 Å². The van der Waals surface area contributed by atoms with E-state index < -0.39 is 5.97 Å². The van der Waals surface area contributed by atoms with Gasteiger partial charge >= 0.3 is 5.97 Å². The van der Waals surface area contributed by atoms with Crippen LogP contribution in [0.4, 0.5) is 0 Å². The number of carbonyl (C=O) groups is 2. The van der Waals surface area contributed by atoms with Gasteiger partial charge in [0.2, 0.25) is 0 Å². The molecule has 3 unspecified atom stereocenters. The third-order valence-electron chi connectivity index (χ3n) is 8.05. The zero-order valence-electron chi connectivity index (χ0n) is 22.8. The van der Waals surface area contributed by atoms with E-state index in [4.69, 9.17) is 4.98 Å². The quantitative estimate of drug-likeness (QED) is 0.341. The van der Waals surface area contributed by atoms with Crippen LogP contribution in [0.25, 0.3) is 17.1 Å². The summed E-state index contributed by atoms with van der Waals surface area (Å²) < 4.78 is 3.28. The SMILES string of the molecule is CCCC1CCCCN1C(=O)c1cccc(-c2cccc(-n3ncc(C(=O)O)c3C3CC3c3cn(C)nn3)n2)c1. The largest absolute Gasteiger partial charge is 0.478 e. The molecule has 6 rings (SSSR count). The average Bonchev–Trinajstić information content (AvgIpc) is 3.41. The van der Waals surface area contributed by atoms with Crippen molar-refractivity contribution in [2.45, 2.75) is 63.3 Å². The topological polar surface area (TPSA) is 119 Å². The number of aromatic carboxylic acids is 1. The van der Waals surface area contributed by atoms with Crippen molar-refractivity contribution >= 4 is 11.9 Å². The monoisotopic (exact) mass is 539 g/mol. The molecular formula is C30H33N7O3. The number of rotatable bonds is 8. The molecule has 3 aromatic heterocycles. The van der Waals surface area contributed by atoms with Crippen LogP contribution in [0, 0.1) is 0 Å². The van der Waals surface area contributed by atoms with Gasteiger partial charge in [-0.3, -0.25) is 9.48 Å². The molecule has 4 heterocycles. The Labute approximate surface area is 232 Å². The van der Waals surface area contributed by atoms with Gasteiger partial charge in [0, 0.05) is 48.8 Å². The van der Waals surface area contributed by atoms with Crippen molar-refractivity contribution in [1.29, 1.82) is 0 Å². The molecule has 1 saturated carbocycles. The smallest absolute Gasteiger partial charge is 0.339 e. The Kier molecular flexibility index (Phi) is 6.91. The Morgan fingerprint density at radius 3 is 2.73 bits per heavy atom. The van der Waals surface area contributed by atoms with Crippen LogP contribution < -0.4 is 0 Å². The molecule has 1 aromatic carbocycles. The Balaban J connectivity index is 1.31. The first-order valence-corrected chi connectivity index (χ1v) is 14.0. The molecule has 1 amide bonds. The lowest BCUT2D eigenvalue weighted by molar-refractivity contribution is 0.0600. The van der Waals surface area contributed by atoms with E-state index in [0.717, 1.165) is 49.9 Å². The number of benzene rings is 1. The number of carbonyl (C=O) groups excluding carboxylic acids is 1. The minimum Gasteiger partial charge on any atom is -0.478 e. The van der Waals surface area contributed by atoms with Gasteiger partial charge in [0.05, 0.1) is 23.3 Å². The summed E-state index contributed by atoms with van der Waals surface area (Å²) in [6.45, 7) is 2.96. The summed E-state index contributed by atoms with van der Waals surface area (Å²) in [5, 5.41) is 22.6. The van der Waals surface area contributed by atoms with Gasteiger partial charge in [0.15, 0.2) is 5.82 Å². The van der Waals surface area contributed by atoms with E-state index in [1.165, 1.54) is 12.6 Å². The van der Waals surface area contributed by atoms with Crippen LogP contribution in [0.1, 0.15) is 89.4 Å². The third kappa shape index (κ3) is 4.89. The van der Waals surface area contributed by atoms with Gasteiger partial charge in [-0.2, -0.15) is 5.10 Å². The van der Waals surface area contributed by atoms with Crippen LogP contribution in [-0.4, -0.2) is 64.2 Å². The number of hydrogen-bond acceptors (Lipinski definition) is 6. The number of hydrogen-bond donors (Lipinski definition) is 1. The highest BCUT2D eigenvalue weighted by Gasteiger charge is 2.46. The number of likely N-dealkylation sites (tertiary alicyclic amines) is 1. The second kappa shape index (κ2) is 10.7. The van der Waals surface area contributed by atoms with Crippen molar-refractivity contribution in [2.75, 3.05) is 6.54 Å². The molecule has 1 saturated heterocycles. The predicted molar refractivity (Wildman–Crippen MR) is 148 cm³/mol. The summed E-state index contributed by atoms with van der Waals surface area (Å²) in [6, 6.07) is 13.5. The number of aromatic nitrogens is 6. The Hall–Kier alpha value is -4.34. The lowest BCUT2D eigenvalue weighted by Crippen LogP contribution is -2.43. The number of carboxylic acids is 1. The van der Waals surface area contributed by atoms with Crippen LogP contribution in [0.15, 0.2) is 54.9 Å².